The van der Waals surface area contributed by atoms with Crippen LogP contribution in [0.2, 0.25) is 0 Å². The molecule has 3 amide bonds. The van der Waals surface area contributed by atoms with Crippen molar-refractivity contribution >= 4 is 46.3 Å². The first-order valence-electron chi connectivity index (χ1n) is 9.83. The van der Waals surface area contributed by atoms with E-state index >= 15 is 0 Å². The van der Waals surface area contributed by atoms with Gasteiger partial charge in [0, 0.05) is 29.9 Å². The number of carbonyl (C=O) groups is 3. The van der Waals surface area contributed by atoms with Crippen molar-refractivity contribution < 1.29 is 19.1 Å². The van der Waals surface area contributed by atoms with E-state index in [1.54, 1.807) is 24.4 Å². The number of rotatable bonds is 5. The molecule has 30 heavy (non-hydrogen) atoms. The number of hydrogen-bond acceptors (Lipinski definition) is 5. The number of fused-ring (bicyclic) bond motifs is 1. The highest BCUT2D eigenvalue weighted by Gasteiger charge is 2.40. The van der Waals surface area contributed by atoms with Crippen LogP contribution in [-0.4, -0.2) is 53.5 Å². The lowest BCUT2D eigenvalue weighted by atomic mass is 10.0. The van der Waals surface area contributed by atoms with Crippen molar-refractivity contribution in [1.29, 1.82) is 0 Å². The molecule has 0 aliphatic carbocycles. The topological polar surface area (TPSA) is 91.8 Å². The molecule has 9 heteroatoms. The van der Waals surface area contributed by atoms with Crippen LogP contribution in [0.5, 0.6) is 0 Å². The Bertz CT molecular complexity index is 952. The van der Waals surface area contributed by atoms with Gasteiger partial charge in [0.15, 0.2) is 0 Å². The van der Waals surface area contributed by atoms with Gasteiger partial charge in [-0.15, -0.1) is 0 Å². The Kier molecular flexibility index (Phi) is 6.77. The van der Waals surface area contributed by atoms with Crippen molar-refractivity contribution in [3.63, 3.8) is 0 Å². The summed E-state index contributed by atoms with van der Waals surface area (Å²) in [6.07, 6.45) is 2.19. The number of methoxy groups -OCH3 is 1. The number of anilines is 1. The Morgan fingerprint density at radius 2 is 2.07 bits per heavy atom. The van der Waals surface area contributed by atoms with E-state index in [9.17, 15) is 14.4 Å². The molecule has 160 valence electrons. The Hall–Kier alpha value is -2.87. The zero-order chi connectivity index (χ0) is 21.8. The SMILES string of the molecule is COC(=O)N[C@H](C(=O)N1CCCC1C(=O)N(Cl)c1ccc2ncccc2c1)C(C)C. The molecule has 1 unspecified atom stereocenters. The molecule has 1 aliphatic rings. The first-order chi connectivity index (χ1) is 14.3. The van der Waals surface area contributed by atoms with Gasteiger partial charge in [-0.1, -0.05) is 19.9 Å². The summed E-state index contributed by atoms with van der Waals surface area (Å²) in [6.45, 7) is 4.07. The average Bonchev–Trinajstić information content (AvgIpc) is 3.25. The average molecular weight is 433 g/mol. The Labute approximate surface area is 180 Å². The highest BCUT2D eigenvalue weighted by atomic mass is 35.5. The normalized spacial score (nSPS) is 17.1. The van der Waals surface area contributed by atoms with Crippen LogP contribution in [-0.2, 0) is 14.3 Å². The van der Waals surface area contributed by atoms with Crippen LogP contribution in [0, 0.1) is 5.92 Å². The molecular weight excluding hydrogens is 408 g/mol. The maximum absolute atomic E-state index is 13.1. The quantitative estimate of drug-likeness (QED) is 0.733. The van der Waals surface area contributed by atoms with Crippen LogP contribution >= 0.6 is 11.8 Å². The minimum absolute atomic E-state index is 0.173. The summed E-state index contributed by atoms with van der Waals surface area (Å²) in [5.41, 5.74) is 1.31. The van der Waals surface area contributed by atoms with Crippen molar-refractivity contribution in [2.24, 2.45) is 5.92 Å². The van der Waals surface area contributed by atoms with Crippen LogP contribution in [0.25, 0.3) is 10.9 Å². The van der Waals surface area contributed by atoms with E-state index in [-0.39, 0.29) is 17.7 Å². The van der Waals surface area contributed by atoms with E-state index in [1.807, 2.05) is 26.0 Å². The molecule has 1 aromatic heterocycles. The summed E-state index contributed by atoms with van der Waals surface area (Å²) >= 11 is 6.39. The third-order valence-corrected chi connectivity index (χ3v) is 5.58. The maximum Gasteiger partial charge on any atom is 0.407 e. The molecule has 1 N–H and O–H groups in total. The maximum atomic E-state index is 13.1. The van der Waals surface area contributed by atoms with Crippen molar-refractivity contribution in [3.8, 4) is 0 Å². The minimum Gasteiger partial charge on any atom is -0.453 e. The Morgan fingerprint density at radius 3 is 2.77 bits per heavy atom. The number of nitrogens with zero attached hydrogens (tertiary/aromatic N) is 3. The summed E-state index contributed by atoms with van der Waals surface area (Å²) < 4.78 is 5.68. The summed E-state index contributed by atoms with van der Waals surface area (Å²) in [4.78, 5) is 43.7. The molecule has 2 atom stereocenters. The minimum atomic E-state index is -0.790. The lowest BCUT2D eigenvalue weighted by Crippen LogP contribution is -2.55. The molecule has 8 nitrogen and oxygen atoms in total. The molecule has 1 saturated heterocycles. The fraction of sp³-hybridized carbons (Fsp3) is 0.429. The van der Waals surface area contributed by atoms with Gasteiger partial charge in [-0.2, -0.15) is 0 Å². The standard InChI is InChI=1S/C21H25ClN4O4/c1-13(2)18(24-21(29)30-3)20(28)25-11-5-7-17(25)19(27)26(22)15-8-9-16-14(12-15)6-4-10-23-16/h4,6,8-10,12-13,17-18H,5,7,11H2,1-3H3,(H,24,29)/t17?,18-/m0/s1. The third-order valence-electron chi connectivity index (χ3n) is 5.22. The molecule has 0 radical (unpaired) electrons. The monoisotopic (exact) mass is 432 g/mol. The molecule has 0 saturated carbocycles. The zero-order valence-electron chi connectivity index (χ0n) is 17.2. The van der Waals surface area contributed by atoms with Gasteiger partial charge in [-0.3, -0.25) is 14.6 Å². The van der Waals surface area contributed by atoms with Gasteiger partial charge in [0.2, 0.25) is 5.91 Å². The number of benzene rings is 1. The number of pyridine rings is 1. The number of hydrogen-bond donors (Lipinski definition) is 1. The number of ether oxygens (including phenoxy) is 1. The van der Waals surface area contributed by atoms with Gasteiger partial charge in [0.05, 0.1) is 18.3 Å². The van der Waals surface area contributed by atoms with E-state index in [0.29, 0.717) is 25.1 Å². The van der Waals surface area contributed by atoms with Gasteiger partial charge in [-0.25, -0.2) is 9.21 Å². The number of alkyl carbamates (subject to hydrolysis) is 1. The third kappa shape index (κ3) is 4.48. The number of carbonyl (C=O) groups excluding carboxylic acids is 3. The molecule has 1 aliphatic heterocycles. The van der Waals surface area contributed by atoms with Crippen LogP contribution < -0.4 is 9.74 Å². The van der Waals surface area contributed by atoms with Crippen LogP contribution in [0.1, 0.15) is 26.7 Å². The number of amides is 3. The fourth-order valence-electron chi connectivity index (χ4n) is 3.61. The van der Waals surface area contributed by atoms with E-state index in [2.05, 4.69) is 15.0 Å². The van der Waals surface area contributed by atoms with Crippen molar-refractivity contribution in [2.45, 2.75) is 38.8 Å². The summed E-state index contributed by atoms with van der Waals surface area (Å²) in [5.74, 6) is -0.876. The predicted octanol–water partition coefficient (Wildman–Crippen LogP) is 3.09. The summed E-state index contributed by atoms with van der Waals surface area (Å²) in [6, 6.07) is 7.51. The predicted molar refractivity (Wildman–Crippen MR) is 114 cm³/mol. The molecule has 1 aromatic carbocycles. The van der Waals surface area contributed by atoms with Crippen molar-refractivity contribution in [2.75, 3.05) is 18.1 Å². The van der Waals surface area contributed by atoms with Gasteiger partial charge in [-0.05, 0) is 43.0 Å². The van der Waals surface area contributed by atoms with Gasteiger partial charge >= 0.3 is 6.09 Å². The van der Waals surface area contributed by atoms with Gasteiger partial charge in [0.25, 0.3) is 5.91 Å². The number of halogens is 1. The number of likely N-dealkylation sites (tertiary alicyclic amines) is 1. The van der Waals surface area contributed by atoms with Crippen molar-refractivity contribution in [3.05, 3.63) is 36.5 Å². The molecule has 3 rings (SSSR count). The fourth-order valence-corrected chi connectivity index (χ4v) is 3.83. The highest BCUT2D eigenvalue weighted by molar-refractivity contribution is 6.37. The zero-order valence-corrected chi connectivity index (χ0v) is 17.9. The van der Waals surface area contributed by atoms with Crippen molar-refractivity contribution in [1.82, 2.24) is 15.2 Å². The van der Waals surface area contributed by atoms with Gasteiger partial charge < -0.3 is 15.0 Å². The second kappa shape index (κ2) is 9.30. The lowest BCUT2D eigenvalue weighted by molar-refractivity contribution is -0.139. The second-order valence-electron chi connectivity index (χ2n) is 7.55. The van der Waals surface area contributed by atoms with E-state index in [1.165, 1.54) is 12.0 Å². The smallest absolute Gasteiger partial charge is 0.407 e. The molecule has 2 heterocycles. The molecular formula is C21H25ClN4O4. The van der Waals surface area contributed by atoms with E-state index < -0.39 is 18.2 Å². The lowest BCUT2D eigenvalue weighted by Gasteiger charge is -2.31. The molecule has 0 bridgehead atoms. The summed E-state index contributed by atoms with van der Waals surface area (Å²) in [5, 5.41) is 3.42. The number of nitrogens with one attached hydrogen (secondary N) is 1. The van der Waals surface area contributed by atoms with Crippen LogP contribution in [0.4, 0.5) is 10.5 Å². The van der Waals surface area contributed by atoms with Gasteiger partial charge in [0.1, 0.15) is 12.1 Å². The molecule has 0 spiro atoms. The highest BCUT2D eigenvalue weighted by Crippen LogP contribution is 2.27. The van der Waals surface area contributed by atoms with Crippen LogP contribution in [0.3, 0.4) is 0 Å². The van der Waals surface area contributed by atoms with Crippen LogP contribution in [0.15, 0.2) is 36.5 Å². The summed E-state index contributed by atoms with van der Waals surface area (Å²) in [7, 11) is 1.24. The second-order valence-corrected chi connectivity index (χ2v) is 7.88. The Balaban J connectivity index is 1.79. The Morgan fingerprint density at radius 1 is 1.30 bits per heavy atom. The number of aromatic nitrogens is 1. The largest absolute Gasteiger partial charge is 0.453 e. The molecule has 2 aromatic rings. The molecule has 1 fully saturated rings. The first-order valence-corrected chi connectivity index (χ1v) is 10.2. The first kappa shape index (κ1) is 21.8. The van der Waals surface area contributed by atoms with E-state index in [0.717, 1.165) is 15.3 Å². The van der Waals surface area contributed by atoms with E-state index in [4.69, 9.17) is 11.8 Å².